The molecule has 0 unspecified atom stereocenters. The van der Waals surface area contributed by atoms with E-state index in [2.05, 4.69) is 10.1 Å². The average Bonchev–Trinajstić information content (AvgIpc) is 2.73. The summed E-state index contributed by atoms with van der Waals surface area (Å²) in [7, 11) is -2.09. The van der Waals surface area contributed by atoms with Crippen LogP contribution in [0.5, 0.6) is 0 Å². The number of carbonyl (C=O) groups is 2. The van der Waals surface area contributed by atoms with E-state index in [-0.39, 0.29) is 10.8 Å². The number of nitrogens with two attached hydrogens (primary N) is 1. The first-order valence-corrected chi connectivity index (χ1v) is 10.7. The molecule has 0 aliphatic carbocycles. The first kappa shape index (κ1) is 18.1. The topological polar surface area (TPSA) is 124 Å². The summed E-state index contributed by atoms with van der Waals surface area (Å²) >= 11 is 1.08. The lowest BCUT2D eigenvalue weighted by Gasteiger charge is -2.25. The van der Waals surface area contributed by atoms with Crippen LogP contribution < -0.4 is 5.73 Å². The van der Waals surface area contributed by atoms with Gasteiger partial charge in [-0.1, -0.05) is 5.16 Å². The van der Waals surface area contributed by atoms with E-state index in [1.54, 1.807) is 0 Å². The minimum Gasteiger partial charge on any atom is -0.517 e. The van der Waals surface area contributed by atoms with Crippen molar-refractivity contribution >= 4 is 42.4 Å². The van der Waals surface area contributed by atoms with E-state index in [1.165, 1.54) is 19.2 Å². The number of hydrogen-bond donors (Lipinski definition) is 2. The molecule has 10 heteroatoms. The number of anilines is 1. The zero-order chi connectivity index (χ0) is 17.1. The number of carbonyl (C=O) groups excluding carboxylic acids is 1. The molecular formula is C12H19N3O5SSi. The molecule has 1 aromatic rings. The first-order valence-electron chi connectivity index (χ1n) is 6.36. The van der Waals surface area contributed by atoms with Crippen molar-refractivity contribution in [2.24, 2.45) is 5.16 Å². The van der Waals surface area contributed by atoms with Gasteiger partial charge in [-0.15, -0.1) is 11.3 Å². The molecule has 0 aromatic carbocycles. The van der Waals surface area contributed by atoms with Gasteiger partial charge in [-0.25, -0.2) is 14.6 Å². The minimum atomic E-state index is -2.09. The van der Waals surface area contributed by atoms with E-state index in [1.807, 2.05) is 19.6 Å². The fraction of sp³-hybridized carbons (Fsp3) is 0.500. The molecule has 1 aromatic heterocycles. The number of hydrogen-bond acceptors (Lipinski definition) is 8. The molecule has 1 heterocycles. The lowest BCUT2D eigenvalue weighted by Crippen LogP contribution is -2.42. The highest BCUT2D eigenvalue weighted by Crippen LogP contribution is 2.18. The molecule has 0 bridgehead atoms. The van der Waals surface area contributed by atoms with Gasteiger partial charge in [0, 0.05) is 5.38 Å². The molecule has 0 aliphatic heterocycles. The predicted octanol–water partition coefficient (Wildman–Crippen LogP) is 1.69. The molecule has 0 saturated carbocycles. The van der Waals surface area contributed by atoms with Crippen LogP contribution in [-0.4, -0.2) is 41.7 Å². The molecule has 22 heavy (non-hydrogen) atoms. The monoisotopic (exact) mass is 345 g/mol. The highest BCUT2D eigenvalue weighted by Gasteiger charge is 2.36. The van der Waals surface area contributed by atoms with E-state index in [9.17, 15) is 9.59 Å². The molecule has 0 atom stereocenters. The van der Waals surface area contributed by atoms with Gasteiger partial charge in [0.05, 0.1) is 0 Å². The maximum Gasteiger partial charge on any atom is 0.360 e. The molecule has 122 valence electrons. The number of oxime groups is 1. The summed E-state index contributed by atoms with van der Waals surface area (Å²) in [6, 6.07) is 0. The molecular weight excluding hydrogens is 326 g/mol. The van der Waals surface area contributed by atoms with Crippen molar-refractivity contribution in [1.29, 1.82) is 0 Å². The van der Waals surface area contributed by atoms with Crippen molar-refractivity contribution in [1.82, 2.24) is 4.98 Å². The summed E-state index contributed by atoms with van der Waals surface area (Å²) in [5.74, 6) is -1.93. The molecule has 0 spiro atoms. The number of nitrogens with zero attached hydrogens (tertiary/aromatic N) is 2. The SMILES string of the molecule is CC(C)(O/N=C(\C(=O)O)c1csc(N)n1)C(=O)O[Si](C)(C)C. The highest BCUT2D eigenvalue weighted by molar-refractivity contribution is 7.13. The van der Waals surface area contributed by atoms with E-state index >= 15 is 0 Å². The van der Waals surface area contributed by atoms with Crippen LogP contribution in [0.2, 0.25) is 19.6 Å². The van der Waals surface area contributed by atoms with Gasteiger partial charge in [0.1, 0.15) is 5.69 Å². The van der Waals surface area contributed by atoms with Crippen LogP contribution in [0.4, 0.5) is 5.13 Å². The molecule has 0 fully saturated rings. The van der Waals surface area contributed by atoms with Crippen molar-refractivity contribution in [2.75, 3.05) is 5.73 Å². The van der Waals surface area contributed by atoms with Gasteiger partial charge in [-0.05, 0) is 33.5 Å². The quantitative estimate of drug-likeness (QED) is 0.456. The minimum absolute atomic E-state index is 0.0735. The van der Waals surface area contributed by atoms with Crippen molar-refractivity contribution in [3.05, 3.63) is 11.1 Å². The van der Waals surface area contributed by atoms with Crippen molar-refractivity contribution < 1.29 is 24.0 Å². The van der Waals surface area contributed by atoms with Crippen LogP contribution in [0.25, 0.3) is 0 Å². The smallest absolute Gasteiger partial charge is 0.360 e. The Morgan fingerprint density at radius 2 is 2.00 bits per heavy atom. The zero-order valence-electron chi connectivity index (χ0n) is 13.0. The van der Waals surface area contributed by atoms with Gasteiger partial charge < -0.3 is 20.1 Å². The Kier molecular flexibility index (Phi) is 5.30. The Bertz CT molecular complexity index is 606. The third-order valence-corrected chi connectivity index (χ3v) is 3.69. The molecule has 0 radical (unpaired) electrons. The van der Waals surface area contributed by atoms with Crippen LogP contribution in [-0.2, 0) is 18.9 Å². The Labute approximate surface area is 133 Å². The summed E-state index contributed by atoms with van der Waals surface area (Å²) in [6.45, 7) is 8.46. The van der Waals surface area contributed by atoms with E-state index in [4.69, 9.17) is 20.1 Å². The third-order valence-electron chi connectivity index (χ3n) is 2.22. The van der Waals surface area contributed by atoms with Crippen LogP contribution in [0.15, 0.2) is 10.5 Å². The normalized spacial score (nSPS) is 12.9. The second-order valence-electron chi connectivity index (χ2n) is 5.92. The molecule has 0 amide bonds. The van der Waals surface area contributed by atoms with Gasteiger partial charge in [0.2, 0.25) is 19.6 Å². The number of carboxylic acids is 1. The predicted molar refractivity (Wildman–Crippen MR) is 85.3 cm³/mol. The van der Waals surface area contributed by atoms with Gasteiger partial charge in [0.15, 0.2) is 5.13 Å². The maximum atomic E-state index is 12.0. The van der Waals surface area contributed by atoms with Crippen molar-refractivity contribution in [3.8, 4) is 0 Å². The second kappa shape index (κ2) is 6.44. The fourth-order valence-electron chi connectivity index (χ4n) is 1.19. The molecule has 0 aliphatic rings. The third kappa shape index (κ3) is 5.11. The summed E-state index contributed by atoms with van der Waals surface area (Å²) in [4.78, 5) is 32.2. The Hall–Kier alpha value is -1.94. The fourth-order valence-corrected chi connectivity index (χ4v) is 2.54. The Morgan fingerprint density at radius 3 is 2.41 bits per heavy atom. The summed E-state index contributed by atoms with van der Waals surface area (Å²) in [5, 5.41) is 14.4. The molecule has 1 rings (SSSR count). The number of aliphatic carboxylic acids is 1. The Balaban J connectivity index is 2.94. The van der Waals surface area contributed by atoms with Gasteiger partial charge in [0.25, 0.3) is 0 Å². The zero-order valence-corrected chi connectivity index (χ0v) is 14.9. The standard InChI is InChI=1S/C12H19N3O5SSi/c1-12(2,10(18)19-22(3,4)5)20-15-8(9(16)17)7-6-21-11(13)14-7/h6H,1-5H3,(H2,13,14)(H,16,17)/b15-8-. The number of carboxylic acid groups (broad SMARTS) is 1. The molecule has 0 saturated heterocycles. The van der Waals surface area contributed by atoms with Gasteiger partial charge in [-0.2, -0.15) is 0 Å². The number of rotatable bonds is 6. The van der Waals surface area contributed by atoms with E-state index in [0.717, 1.165) is 11.3 Å². The van der Waals surface area contributed by atoms with Crippen LogP contribution in [0, 0.1) is 0 Å². The number of aromatic nitrogens is 1. The lowest BCUT2D eigenvalue weighted by molar-refractivity contribution is -0.159. The van der Waals surface area contributed by atoms with E-state index in [0.29, 0.717) is 0 Å². The van der Waals surface area contributed by atoms with Gasteiger partial charge in [-0.3, -0.25) is 0 Å². The van der Waals surface area contributed by atoms with E-state index < -0.39 is 31.6 Å². The summed E-state index contributed by atoms with van der Waals surface area (Å²) < 4.78 is 5.33. The summed E-state index contributed by atoms with van der Waals surface area (Å²) in [6.07, 6.45) is 0. The maximum absolute atomic E-state index is 12.0. The number of nitrogen functional groups attached to an aromatic ring is 1. The molecule has 8 nitrogen and oxygen atoms in total. The lowest BCUT2D eigenvalue weighted by atomic mass is 10.1. The van der Waals surface area contributed by atoms with Crippen LogP contribution in [0.3, 0.4) is 0 Å². The second-order valence-corrected chi connectivity index (χ2v) is 11.2. The number of thiazole rings is 1. The van der Waals surface area contributed by atoms with Crippen molar-refractivity contribution in [2.45, 2.75) is 39.1 Å². The summed E-state index contributed by atoms with van der Waals surface area (Å²) in [5.41, 5.74) is 3.70. The van der Waals surface area contributed by atoms with Crippen molar-refractivity contribution in [3.63, 3.8) is 0 Å². The largest absolute Gasteiger partial charge is 0.517 e. The Morgan fingerprint density at radius 1 is 1.41 bits per heavy atom. The van der Waals surface area contributed by atoms with Crippen LogP contribution in [0.1, 0.15) is 19.5 Å². The molecule has 3 N–H and O–H groups in total. The highest BCUT2D eigenvalue weighted by atomic mass is 32.1. The van der Waals surface area contributed by atoms with Gasteiger partial charge >= 0.3 is 11.9 Å². The first-order chi connectivity index (χ1) is 9.92. The average molecular weight is 345 g/mol. The van der Waals surface area contributed by atoms with Crippen LogP contribution >= 0.6 is 11.3 Å².